The Labute approximate surface area is 177 Å². The Morgan fingerprint density at radius 1 is 1.14 bits per heavy atom. The van der Waals surface area contributed by atoms with Crippen molar-refractivity contribution in [3.05, 3.63) is 64.7 Å². The lowest BCUT2D eigenvalue weighted by Gasteiger charge is -2.39. The van der Waals surface area contributed by atoms with Crippen LogP contribution in [0.2, 0.25) is 5.02 Å². The molecule has 0 spiro atoms. The summed E-state index contributed by atoms with van der Waals surface area (Å²) in [5.41, 5.74) is 5.51. The van der Waals surface area contributed by atoms with E-state index in [2.05, 4.69) is 54.1 Å². The summed E-state index contributed by atoms with van der Waals surface area (Å²) < 4.78 is 0. The van der Waals surface area contributed by atoms with Gasteiger partial charge in [-0.15, -0.1) is 0 Å². The van der Waals surface area contributed by atoms with E-state index in [1.54, 1.807) is 0 Å². The van der Waals surface area contributed by atoms with Crippen molar-refractivity contribution in [3.63, 3.8) is 0 Å². The van der Waals surface area contributed by atoms with Gasteiger partial charge < -0.3 is 10.0 Å². The molecule has 1 aromatic heterocycles. The summed E-state index contributed by atoms with van der Waals surface area (Å²) in [5.74, 6) is 0. The Morgan fingerprint density at radius 3 is 2.76 bits per heavy atom. The van der Waals surface area contributed by atoms with Crippen LogP contribution in [-0.4, -0.2) is 59.2 Å². The molecule has 29 heavy (non-hydrogen) atoms. The van der Waals surface area contributed by atoms with Gasteiger partial charge in [-0.3, -0.25) is 4.90 Å². The van der Waals surface area contributed by atoms with Crippen LogP contribution in [0, 0.1) is 6.92 Å². The fourth-order valence-corrected chi connectivity index (χ4v) is 4.44. The normalized spacial score (nSPS) is 18.4. The molecule has 1 unspecified atom stereocenters. The van der Waals surface area contributed by atoms with Crippen molar-refractivity contribution in [3.8, 4) is 11.3 Å². The molecule has 5 heteroatoms. The van der Waals surface area contributed by atoms with Crippen LogP contribution < -0.4 is 0 Å². The molecular formula is C24H28ClN3O. The van der Waals surface area contributed by atoms with Gasteiger partial charge in [0.15, 0.2) is 0 Å². The molecule has 0 bridgehead atoms. The van der Waals surface area contributed by atoms with Crippen molar-refractivity contribution in [2.75, 3.05) is 33.3 Å². The van der Waals surface area contributed by atoms with E-state index in [4.69, 9.17) is 16.6 Å². The van der Waals surface area contributed by atoms with Crippen molar-refractivity contribution in [1.29, 1.82) is 0 Å². The molecule has 0 radical (unpaired) electrons. The minimum absolute atomic E-state index is 0.230. The van der Waals surface area contributed by atoms with Crippen LogP contribution in [0.3, 0.4) is 0 Å². The third-order valence-electron chi connectivity index (χ3n) is 5.94. The number of hydrogen-bond acceptors (Lipinski definition) is 4. The molecule has 2 aromatic carbocycles. The van der Waals surface area contributed by atoms with Crippen molar-refractivity contribution in [2.45, 2.75) is 25.9 Å². The van der Waals surface area contributed by atoms with Crippen LogP contribution in [0.25, 0.3) is 22.2 Å². The van der Waals surface area contributed by atoms with Gasteiger partial charge in [0.1, 0.15) is 0 Å². The Kier molecular flexibility index (Phi) is 6.16. The third-order valence-corrected chi connectivity index (χ3v) is 6.18. The highest BCUT2D eigenvalue weighted by Gasteiger charge is 2.25. The first-order chi connectivity index (χ1) is 14.0. The summed E-state index contributed by atoms with van der Waals surface area (Å²) in [4.78, 5) is 9.92. The van der Waals surface area contributed by atoms with E-state index in [0.29, 0.717) is 6.04 Å². The fraction of sp³-hybridized carbons (Fsp3) is 0.375. The van der Waals surface area contributed by atoms with Crippen molar-refractivity contribution >= 4 is 22.5 Å². The quantitative estimate of drug-likeness (QED) is 0.679. The number of halogens is 1. The second-order valence-electron chi connectivity index (χ2n) is 8.03. The molecule has 1 N–H and O–H groups in total. The number of para-hydroxylation sites is 1. The zero-order valence-electron chi connectivity index (χ0n) is 17.1. The molecule has 1 aliphatic heterocycles. The fourth-order valence-electron chi connectivity index (χ4n) is 4.25. The number of benzene rings is 2. The first-order valence-electron chi connectivity index (χ1n) is 10.2. The van der Waals surface area contributed by atoms with Crippen LogP contribution in [0.4, 0.5) is 0 Å². The first kappa shape index (κ1) is 20.3. The average molecular weight is 410 g/mol. The van der Waals surface area contributed by atoms with Gasteiger partial charge in [0.25, 0.3) is 0 Å². The Hall–Kier alpha value is -1.98. The monoisotopic (exact) mass is 409 g/mol. The number of rotatable bonds is 5. The Balaban J connectivity index is 1.73. The maximum absolute atomic E-state index is 9.41. The van der Waals surface area contributed by atoms with Gasteiger partial charge >= 0.3 is 0 Å². The molecule has 0 saturated carbocycles. The average Bonchev–Trinajstić information content (AvgIpc) is 2.70. The van der Waals surface area contributed by atoms with Crippen molar-refractivity contribution in [1.82, 2.24) is 14.8 Å². The first-order valence-corrected chi connectivity index (χ1v) is 10.6. The highest BCUT2D eigenvalue weighted by Crippen LogP contribution is 2.30. The molecule has 2 heterocycles. The number of pyridine rings is 1. The van der Waals surface area contributed by atoms with Gasteiger partial charge in [-0.25, -0.2) is 4.98 Å². The van der Waals surface area contributed by atoms with E-state index in [0.717, 1.165) is 54.4 Å². The lowest BCUT2D eigenvalue weighted by atomic mass is 10.0. The van der Waals surface area contributed by atoms with Crippen LogP contribution in [0.15, 0.2) is 48.5 Å². The predicted molar refractivity (Wildman–Crippen MR) is 120 cm³/mol. The Morgan fingerprint density at radius 2 is 1.97 bits per heavy atom. The molecule has 1 atom stereocenters. The number of aliphatic hydroxyl groups is 1. The van der Waals surface area contributed by atoms with E-state index < -0.39 is 0 Å². The lowest BCUT2D eigenvalue weighted by molar-refractivity contribution is 0.0744. The van der Waals surface area contributed by atoms with E-state index in [-0.39, 0.29) is 6.61 Å². The molecular weight excluding hydrogens is 382 g/mol. The second-order valence-corrected chi connectivity index (χ2v) is 8.47. The third kappa shape index (κ3) is 4.46. The summed E-state index contributed by atoms with van der Waals surface area (Å²) in [5, 5.41) is 11.3. The predicted octanol–water partition coefficient (Wildman–Crippen LogP) is 4.36. The van der Waals surface area contributed by atoms with Gasteiger partial charge in [-0.05, 0) is 49.7 Å². The minimum Gasteiger partial charge on any atom is -0.396 e. The van der Waals surface area contributed by atoms with E-state index in [1.165, 1.54) is 16.5 Å². The standard InChI is InChI=1S/C24H28ClN3O/c1-17-5-3-6-18-13-20(15-28-11-10-27(2)22(16-28)9-12-29)24(26-23(17)18)19-7-4-8-21(25)14-19/h3-8,13-14,22,29H,9-12,15-16H2,1-2H3. The molecule has 1 aliphatic rings. The molecule has 0 aliphatic carbocycles. The Bertz CT molecular complexity index is 1010. The zero-order valence-corrected chi connectivity index (χ0v) is 17.9. The number of nitrogens with zero attached hydrogens (tertiary/aromatic N) is 3. The molecule has 4 rings (SSSR count). The van der Waals surface area contributed by atoms with Gasteiger partial charge in [-0.2, -0.15) is 0 Å². The number of piperazine rings is 1. The van der Waals surface area contributed by atoms with E-state index >= 15 is 0 Å². The summed E-state index contributed by atoms with van der Waals surface area (Å²) in [6.45, 7) is 6.16. The number of likely N-dealkylation sites (N-methyl/N-ethyl adjacent to an activating group) is 1. The smallest absolute Gasteiger partial charge is 0.0755 e. The number of aromatic nitrogens is 1. The summed E-state index contributed by atoms with van der Waals surface area (Å²) in [6, 6.07) is 17.0. The lowest BCUT2D eigenvalue weighted by Crippen LogP contribution is -2.51. The van der Waals surface area contributed by atoms with Gasteiger partial charge in [0.05, 0.1) is 11.2 Å². The van der Waals surface area contributed by atoms with E-state index in [1.807, 2.05) is 18.2 Å². The summed E-state index contributed by atoms with van der Waals surface area (Å²) in [6.07, 6.45) is 0.809. The number of aryl methyl sites for hydroxylation is 1. The molecule has 152 valence electrons. The van der Waals surface area contributed by atoms with Crippen LogP contribution in [0.5, 0.6) is 0 Å². The van der Waals surface area contributed by atoms with Crippen molar-refractivity contribution in [2.24, 2.45) is 0 Å². The minimum atomic E-state index is 0.230. The number of hydrogen-bond donors (Lipinski definition) is 1. The maximum atomic E-state index is 9.41. The highest BCUT2D eigenvalue weighted by molar-refractivity contribution is 6.30. The second kappa shape index (κ2) is 8.80. The molecule has 1 fully saturated rings. The van der Waals surface area contributed by atoms with Crippen LogP contribution >= 0.6 is 11.6 Å². The highest BCUT2D eigenvalue weighted by atomic mass is 35.5. The van der Waals surface area contributed by atoms with Gasteiger partial charge in [0, 0.05) is 54.8 Å². The van der Waals surface area contributed by atoms with E-state index in [9.17, 15) is 5.11 Å². The zero-order chi connectivity index (χ0) is 20.4. The largest absolute Gasteiger partial charge is 0.396 e. The number of fused-ring (bicyclic) bond motifs is 1. The van der Waals surface area contributed by atoms with Crippen LogP contribution in [0.1, 0.15) is 17.5 Å². The van der Waals surface area contributed by atoms with Crippen LogP contribution in [-0.2, 0) is 6.54 Å². The number of aliphatic hydroxyl groups excluding tert-OH is 1. The van der Waals surface area contributed by atoms with Gasteiger partial charge in [-0.1, -0.05) is 41.9 Å². The SMILES string of the molecule is Cc1cccc2cc(CN3CCN(C)C(CCO)C3)c(-c3cccc(Cl)c3)nc12. The molecule has 4 nitrogen and oxygen atoms in total. The topological polar surface area (TPSA) is 39.6 Å². The van der Waals surface area contributed by atoms with Gasteiger partial charge in [0.2, 0.25) is 0 Å². The maximum Gasteiger partial charge on any atom is 0.0755 e. The molecule has 1 saturated heterocycles. The molecule has 3 aromatic rings. The summed E-state index contributed by atoms with van der Waals surface area (Å²) in [7, 11) is 2.15. The summed E-state index contributed by atoms with van der Waals surface area (Å²) >= 11 is 6.29. The molecule has 0 amide bonds. The van der Waals surface area contributed by atoms with Crippen molar-refractivity contribution < 1.29 is 5.11 Å².